The summed E-state index contributed by atoms with van der Waals surface area (Å²) in [4.78, 5) is 12.1. The maximum Gasteiger partial charge on any atom is 0.229 e. The molecule has 0 unspecified atom stereocenters. The van der Waals surface area contributed by atoms with Crippen LogP contribution in [0.3, 0.4) is 0 Å². The minimum absolute atomic E-state index is 0.110. The highest BCUT2D eigenvalue weighted by atomic mass is 32.2. The van der Waals surface area contributed by atoms with Gasteiger partial charge in [-0.15, -0.1) is 0 Å². The number of anilines is 2. The third-order valence-electron chi connectivity index (χ3n) is 4.24. The lowest BCUT2D eigenvalue weighted by Crippen LogP contribution is -2.26. The maximum atomic E-state index is 12.1. The monoisotopic (exact) mass is 390 g/mol. The first-order valence-corrected chi connectivity index (χ1v) is 10.4. The zero-order valence-corrected chi connectivity index (χ0v) is 16.0. The summed E-state index contributed by atoms with van der Waals surface area (Å²) in [6.45, 7) is 0.791. The summed E-state index contributed by atoms with van der Waals surface area (Å²) in [6.07, 6.45) is 1.35. The van der Waals surface area contributed by atoms with Gasteiger partial charge >= 0.3 is 0 Å². The van der Waals surface area contributed by atoms with Crippen LogP contribution in [0.2, 0.25) is 0 Å². The second-order valence-corrected chi connectivity index (χ2v) is 8.21. The van der Waals surface area contributed by atoms with E-state index in [4.69, 9.17) is 9.47 Å². The molecule has 0 fully saturated rings. The van der Waals surface area contributed by atoms with Crippen molar-refractivity contribution < 1.29 is 22.7 Å². The predicted octanol–water partition coefficient (Wildman–Crippen LogP) is 2.71. The number of methoxy groups -OCH3 is 1. The molecule has 0 saturated carbocycles. The van der Waals surface area contributed by atoms with E-state index in [1.54, 1.807) is 12.1 Å². The molecular weight excluding hydrogens is 368 g/mol. The maximum absolute atomic E-state index is 12.1. The lowest BCUT2D eigenvalue weighted by Gasteiger charge is -2.27. The molecule has 0 bridgehead atoms. The molecule has 3 rings (SSSR count). The van der Waals surface area contributed by atoms with Crippen molar-refractivity contribution in [2.45, 2.75) is 18.9 Å². The fourth-order valence-corrected chi connectivity index (χ4v) is 3.63. The molecule has 7 nitrogen and oxygen atoms in total. The third-order valence-corrected chi connectivity index (χ3v) is 4.83. The number of carbonyl (C=O) groups is 1. The first-order chi connectivity index (χ1) is 12.9. The van der Waals surface area contributed by atoms with Crippen LogP contribution in [0.25, 0.3) is 0 Å². The summed E-state index contributed by atoms with van der Waals surface area (Å²) in [7, 11) is -2.02. The number of nitrogens with one attached hydrogen (secondary N) is 2. The van der Waals surface area contributed by atoms with Crippen molar-refractivity contribution in [3.8, 4) is 5.75 Å². The minimum Gasteiger partial charge on any atom is -0.494 e. The topological polar surface area (TPSA) is 93.7 Å². The normalized spacial score (nSPS) is 16.4. The van der Waals surface area contributed by atoms with Gasteiger partial charge in [0.15, 0.2) is 0 Å². The molecule has 2 aromatic carbocycles. The number of sulfonamides is 1. The number of hydrogen-bond acceptors (Lipinski definition) is 5. The van der Waals surface area contributed by atoms with E-state index in [1.807, 2.05) is 30.3 Å². The Morgan fingerprint density at radius 3 is 2.63 bits per heavy atom. The van der Waals surface area contributed by atoms with Crippen LogP contribution in [0.15, 0.2) is 42.5 Å². The summed E-state index contributed by atoms with van der Waals surface area (Å²) < 4.78 is 36.8. The number of fused-ring (bicyclic) bond motifs is 1. The van der Waals surface area contributed by atoms with Gasteiger partial charge in [-0.25, -0.2) is 8.42 Å². The highest BCUT2D eigenvalue weighted by Crippen LogP contribution is 2.39. The van der Waals surface area contributed by atoms with Crippen molar-refractivity contribution >= 4 is 27.3 Å². The highest BCUT2D eigenvalue weighted by molar-refractivity contribution is 7.92. The molecule has 2 N–H and O–H groups in total. The standard InChI is InChI=1S/C19H22N2O5S/c1-25-18-10-16-15(9-17(18)21-27(2,23)24)14(8-19(22)20-16)12-26-11-13-6-4-3-5-7-13/h3-7,9-10,14,21H,8,11-12H2,1-2H3,(H,20,22)/t14-/m0/s1. The van der Waals surface area contributed by atoms with Gasteiger partial charge in [-0.2, -0.15) is 0 Å². The molecule has 0 aliphatic carbocycles. The third kappa shape index (κ3) is 4.99. The smallest absolute Gasteiger partial charge is 0.229 e. The van der Waals surface area contributed by atoms with E-state index in [0.29, 0.717) is 30.3 Å². The number of ether oxygens (including phenoxy) is 2. The van der Waals surface area contributed by atoms with Crippen LogP contribution in [0.1, 0.15) is 23.5 Å². The average molecular weight is 390 g/mol. The number of carbonyl (C=O) groups excluding carboxylic acids is 1. The van der Waals surface area contributed by atoms with Crippen LogP contribution in [-0.4, -0.2) is 34.3 Å². The largest absolute Gasteiger partial charge is 0.494 e. The van der Waals surface area contributed by atoms with Crippen LogP contribution in [0.4, 0.5) is 11.4 Å². The van der Waals surface area contributed by atoms with E-state index in [1.165, 1.54) is 7.11 Å². The van der Waals surface area contributed by atoms with Gasteiger partial charge in [-0.1, -0.05) is 30.3 Å². The van der Waals surface area contributed by atoms with Gasteiger partial charge in [0, 0.05) is 24.1 Å². The van der Waals surface area contributed by atoms with Gasteiger partial charge in [-0.05, 0) is 17.2 Å². The van der Waals surface area contributed by atoms with Gasteiger partial charge in [0.25, 0.3) is 0 Å². The van der Waals surface area contributed by atoms with Crippen molar-refractivity contribution in [3.63, 3.8) is 0 Å². The molecule has 1 heterocycles. The van der Waals surface area contributed by atoms with Crippen LogP contribution in [0, 0.1) is 0 Å². The molecule has 1 aliphatic heterocycles. The van der Waals surface area contributed by atoms with Gasteiger partial charge in [0.05, 0.1) is 32.3 Å². The molecule has 0 spiro atoms. The Hall–Kier alpha value is -2.58. The first kappa shape index (κ1) is 19.2. The fraction of sp³-hybridized carbons (Fsp3) is 0.316. The molecule has 27 heavy (non-hydrogen) atoms. The summed E-state index contributed by atoms with van der Waals surface area (Å²) >= 11 is 0. The number of rotatable bonds is 7. The van der Waals surface area contributed by atoms with Gasteiger partial charge in [0.1, 0.15) is 5.75 Å². The molecule has 1 aliphatic rings. The summed E-state index contributed by atoms with van der Waals surface area (Å²) in [5, 5.41) is 2.81. The van der Waals surface area contributed by atoms with E-state index in [0.717, 1.165) is 17.4 Å². The van der Waals surface area contributed by atoms with E-state index in [2.05, 4.69) is 10.0 Å². The van der Waals surface area contributed by atoms with Crippen molar-refractivity contribution in [3.05, 3.63) is 53.6 Å². The number of hydrogen-bond donors (Lipinski definition) is 2. The van der Waals surface area contributed by atoms with Crippen LogP contribution in [0.5, 0.6) is 5.75 Å². The molecule has 0 aromatic heterocycles. The average Bonchev–Trinajstić information content (AvgIpc) is 2.61. The number of benzene rings is 2. The van der Waals surface area contributed by atoms with E-state index in [-0.39, 0.29) is 18.2 Å². The Kier molecular flexibility index (Phi) is 5.67. The molecular formula is C19H22N2O5S. The number of amides is 1. The van der Waals surface area contributed by atoms with E-state index < -0.39 is 10.0 Å². The minimum atomic E-state index is -3.47. The fourth-order valence-electron chi connectivity index (χ4n) is 3.07. The van der Waals surface area contributed by atoms with Crippen LogP contribution >= 0.6 is 0 Å². The van der Waals surface area contributed by atoms with Crippen molar-refractivity contribution in [2.75, 3.05) is 30.0 Å². The summed E-state index contributed by atoms with van der Waals surface area (Å²) in [5.41, 5.74) is 2.81. The summed E-state index contributed by atoms with van der Waals surface area (Å²) in [6, 6.07) is 13.1. The molecule has 1 amide bonds. The Morgan fingerprint density at radius 1 is 1.22 bits per heavy atom. The molecule has 0 saturated heterocycles. The molecule has 1 atom stereocenters. The van der Waals surface area contributed by atoms with Crippen LogP contribution in [-0.2, 0) is 26.2 Å². The van der Waals surface area contributed by atoms with Crippen LogP contribution < -0.4 is 14.8 Å². The predicted molar refractivity (Wildman–Crippen MR) is 104 cm³/mol. The molecule has 0 radical (unpaired) electrons. The lowest BCUT2D eigenvalue weighted by atomic mass is 9.90. The Bertz CT molecular complexity index is 929. The highest BCUT2D eigenvalue weighted by Gasteiger charge is 2.27. The lowest BCUT2D eigenvalue weighted by molar-refractivity contribution is -0.117. The first-order valence-electron chi connectivity index (χ1n) is 8.47. The molecule has 2 aromatic rings. The van der Waals surface area contributed by atoms with Crippen molar-refractivity contribution in [2.24, 2.45) is 0 Å². The van der Waals surface area contributed by atoms with Crippen molar-refractivity contribution in [1.29, 1.82) is 0 Å². The second kappa shape index (κ2) is 7.98. The van der Waals surface area contributed by atoms with E-state index >= 15 is 0 Å². The summed E-state index contributed by atoms with van der Waals surface area (Å²) in [5.74, 6) is 0.0514. The Morgan fingerprint density at radius 2 is 1.96 bits per heavy atom. The zero-order chi connectivity index (χ0) is 19.4. The second-order valence-electron chi connectivity index (χ2n) is 6.46. The van der Waals surface area contributed by atoms with Gasteiger partial charge in [0.2, 0.25) is 15.9 Å². The van der Waals surface area contributed by atoms with Crippen molar-refractivity contribution in [1.82, 2.24) is 0 Å². The zero-order valence-electron chi connectivity index (χ0n) is 15.2. The van der Waals surface area contributed by atoms with E-state index in [9.17, 15) is 13.2 Å². The quantitative estimate of drug-likeness (QED) is 0.758. The Labute approximate surface area is 158 Å². The van der Waals surface area contributed by atoms with Gasteiger partial charge < -0.3 is 14.8 Å². The van der Waals surface area contributed by atoms with Gasteiger partial charge in [-0.3, -0.25) is 9.52 Å². The Balaban J connectivity index is 1.83. The molecule has 144 valence electrons. The molecule has 8 heteroatoms. The SMILES string of the molecule is COc1cc2c(cc1NS(C)(=O)=O)[C@H](COCc1ccccc1)CC(=O)N2.